The number of hydrogen-bond acceptors (Lipinski definition) is 3. The minimum atomic E-state index is -3.74. The predicted octanol–water partition coefficient (Wildman–Crippen LogP) is 1.26. The van der Waals surface area contributed by atoms with Gasteiger partial charge >= 0.3 is 0 Å². The molecule has 0 atom stereocenters. The molecule has 0 unspecified atom stereocenters. The first-order chi connectivity index (χ1) is 9.25. The van der Waals surface area contributed by atoms with Crippen molar-refractivity contribution in [2.75, 3.05) is 23.7 Å². The Balaban J connectivity index is 2.93. The van der Waals surface area contributed by atoms with E-state index >= 15 is 0 Å². The molecule has 1 N–H and O–H groups in total. The van der Waals surface area contributed by atoms with Crippen molar-refractivity contribution in [2.24, 2.45) is 0 Å². The zero-order valence-corrected chi connectivity index (χ0v) is 12.0. The van der Waals surface area contributed by atoms with Crippen LogP contribution in [0.15, 0.2) is 18.2 Å². The van der Waals surface area contributed by atoms with Gasteiger partial charge in [0.15, 0.2) is 0 Å². The molecule has 5 nitrogen and oxygen atoms in total. The zero-order valence-electron chi connectivity index (χ0n) is 11.2. The molecule has 112 valence electrons. The van der Waals surface area contributed by atoms with Crippen LogP contribution < -0.4 is 9.62 Å². The molecular weight excluding hydrogens is 290 g/mol. The average molecular weight is 306 g/mol. The van der Waals surface area contributed by atoms with Crippen LogP contribution in [-0.4, -0.2) is 33.7 Å². The lowest BCUT2D eigenvalue weighted by Crippen LogP contribution is -2.38. The first-order valence-corrected chi connectivity index (χ1v) is 7.80. The van der Waals surface area contributed by atoms with Gasteiger partial charge in [0.25, 0.3) is 0 Å². The highest BCUT2D eigenvalue weighted by Crippen LogP contribution is 2.22. The number of sulfonamides is 1. The number of nitrogens with one attached hydrogen (secondary N) is 1. The van der Waals surface area contributed by atoms with Crippen molar-refractivity contribution in [1.82, 2.24) is 5.32 Å². The second-order valence-electron chi connectivity index (χ2n) is 4.13. The van der Waals surface area contributed by atoms with Gasteiger partial charge in [-0.1, -0.05) is 6.92 Å². The quantitative estimate of drug-likeness (QED) is 0.860. The molecule has 1 rings (SSSR count). The van der Waals surface area contributed by atoms with Crippen LogP contribution in [0.3, 0.4) is 0 Å². The van der Waals surface area contributed by atoms with Gasteiger partial charge in [0.1, 0.15) is 11.6 Å². The number of hydrogen-bond donors (Lipinski definition) is 1. The van der Waals surface area contributed by atoms with Crippen molar-refractivity contribution in [3.63, 3.8) is 0 Å². The van der Waals surface area contributed by atoms with Gasteiger partial charge in [0.05, 0.1) is 18.5 Å². The Morgan fingerprint density at radius 1 is 1.35 bits per heavy atom. The smallest absolute Gasteiger partial charge is 0.232 e. The molecule has 0 aliphatic rings. The van der Waals surface area contributed by atoms with Gasteiger partial charge in [-0.2, -0.15) is 0 Å². The molecule has 1 aromatic carbocycles. The highest BCUT2D eigenvalue weighted by molar-refractivity contribution is 7.92. The van der Waals surface area contributed by atoms with Gasteiger partial charge in [-0.25, -0.2) is 17.2 Å². The molecule has 0 aliphatic carbocycles. The molecule has 0 heterocycles. The summed E-state index contributed by atoms with van der Waals surface area (Å²) < 4.78 is 50.6. The average Bonchev–Trinajstić information content (AvgIpc) is 2.34. The third-order valence-corrected chi connectivity index (χ3v) is 3.72. The van der Waals surface area contributed by atoms with Gasteiger partial charge in [-0.3, -0.25) is 9.10 Å². The third kappa shape index (κ3) is 4.44. The molecule has 1 aromatic rings. The van der Waals surface area contributed by atoms with Crippen LogP contribution in [0, 0.1) is 11.6 Å². The molecule has 0 spiro atoms. The Bertz CT molecular complexity index is 590. The first kappa shape index (κ1) is 16.4. The van der Waals surface area contributed by atoms with E-state index in [2.05, 4.69) is 5.32 Å². The number of carbonyl (C=O) groups is 1. The lowest BCUT2D eigenvalue weighted by molar-refractivity contribution is -0.120. The maximum Gasteiger partial charge on any atom is 0.232 e. The van der Waals surface area contributed by atoms with E-state index in [1.165, 1.54) is 0 Å². The van der Waals surface area contributed by atoms with Gasteiger partial charge in [-0.05, 0) is 12.1 Å². The molecule has 0 aromatic heterocycles. The fourth-order valence-corrected chi connectivity index (χ4v) is 2.50. The number of rotatable bonds is 6. The van der Waals surface area contributed by atoms with E-state index in [9.17, 15) is 22.0 Å². The van der Waals surface area contributed by atoms with E-state index in [1.807, 2.05) is 0 Å². The highest BCUT2D eigenvalue weighted by Gasteiger charge is 2.20. The number of anilines is 1. The molecular formula is C12H16F2N2O3S. The van der Waals surface area contributed by atoms with Crippen molar-refractivity contribution in [3.05, 3.63) is 29.8 Å². The molecule has 20 heavy (non-hydrogen) atoms. The van der Waals surface area contributed by atoms with Crippen molar-refractivity contribution in [1.29, 1.82) is 0 Å². The summed E-state index contributed by atoms with van der Waals surface area (Å²) in [7, 11) is -3.74. The van der Waals surface area contributed by atoms with E-state index in [0.717, 1.165) is 22.7 Å². The monoisotopic (exact) mass is 306 g/mol. The standard InChI is InChI=1S/C12H16F2N2O3S/c1-3-12(17)15-6-7-16(20(2,18)19)11-5-4-9(13)8-10(11)14/h4-5,8H,3,6-7H2,1-2H3,(H,15,17). The summed E-state index contributed by atoms with van der Waals surface area (Å²) in [5, 5.41) is 2.49. The lowest BCUT2D eigenvalue weighted by atomic mass is 10.3. The normalized spacial score (nSPS) is 11.2. The predicted molar refractivity (Wildman–Crippen MR) is 71.8 cm³/mol. The number of halogens is 2. The fourth-order valence-electron chi connectivity index (χ4n) is 1.57. The molecule has 0 saturated heterocycles. The second kappa shape index (κ2) is 6.65. The summed E-state index contributed by atoms with van der Waals surface area (Å²) in [6.45, 7) is 1.56. The highest BCUT2D eigenvalue weighted by atomic mass is 32.2. The Morgan fingerprint density at radius 2 is 2.00 bits per heavy atom. The number of benzene rings is 1. The summed E-state index contributed by atoms with van der Waals surface area (Å²) in [6, 6.07) is 2.63. The number of nitrogens with zero attached hydrogens (tertiary/aromatic N) is 1. The minimum Gasteiger partial charge on any atom is -0.354 e. The molecule has 8 heteroatoms. The van der Waals surface area contributed by atoms with Crippen molar-refractivity contribution < 1.29 is 22.0 Å². The van der Waals surface area contributed by atoms with E-state index in [0.29, 0.717) is 6.07 Å². The van der Waals surface area contributed by atoms with Crippen LogP contribution in [0.5, 0.6) is 0 Å². The summed E-state index contributed by atoms with van der Waals surface area (Å²) in [5.41, 5.74) is -0.250. The van der Waals surface area contributed by atoms with Crippen molar-refractivity contribution in [3.8, 4) is 0 Å². The third-order valence-electron chi connectivity index (χ3n) is 2.54. The lowest BCUT2D eigenvalue weighted by Gasteiger charge is -2.23. The van der Waals surface area contributed by atoms with Gasteiger partial charge in [0.2, 0.25) is 15.9 Å². The van der Waals surface area contributed by atoms with Crippen LogP contribution in [0.25, 0.3) is 0 Å². The van der Waals surface area contributed by atoms with Crippen molar-refractivity contribution in [2.45, 2.75) is 13.3 Å². The zero-order chi connectivity index (χ0) is 15.3. The Labute approximate surface area is 116 Å². The first-order valence-electron chi connectivity index (χ1n) is 5.95. The van der Waals surface area contributed by atoms with E-state index in [4.69, 9.17) is 0 Å². The second-order valence-corrected chi connectivity index (χ2v) is 6.04. The van der Waals surface area contributed by atoms with Gasteiger partial charge in [-0.15, -0.1) is 0 Å². The van der Waals surface area contributed by atoms with Crippen LogP contribution in [0.2, 0.25) is 0 Å². The van der Waals surface area contributed by atoms with E-state index in [-0.39, 0.29) is 31.1 Å². The molecule has 0 bridgehead atoms. The summed E-state index contributed by atoms with van der Waals surface area (Å²) in [4.78, 5) is 11.1. The van der Waals surface area contributed by atoms with Gasteiger partial charge < -0.3 is 5.32 Å². The maximum atomic E-state index is 13.6. The van der Waals surface area contributed by atoms with Gasteiger partial charge in [0, 0.05) is 19.0 Å². The summed E-state index contributed by atoms with van der Waals surface area (Å²) >= 11 is 0. The van der Waals surface area contributed by atoms with Crippen LogP contribution in [0.1, 0.15) is 13.3 Å². The summed E-state index contributed by atoms with van der Waals surface area (Å²) in [6.07, 6.45) is 1.18. The van der Waals surface area contributed by atoms with Crippen molar-refractivity contribution >= 4 is 21.6 Å². The molecule has 0 radical (unpaired) electrons. The molecule has 1 amide bonds. The molecule has 0 fully saturated rings. The maximum absolute atomic E-state index is 13.6. The van der Waals surface area contributed by atoms with E-state index < -0.39 is 21.7 Å². The topological polar surface area (TPSA) is 66.5 Å². The fraction of sp³-hybridized carbons (Fsp3) is 0.417. The SMILES string of the molecule is CCC(=O)NCCN(c1ccc(F)cc1F)S(C)(=O)=O. The molecule has 0 aliphatic heterocycles. The van der Waals surface area contributed by atoms with Crippen LogP contribution in [-0.2, 0) is 14.8 Å². The Morgan fingerprint density at radius 3 is 2.50 bits per heavy atom. The van der Waals surface area contributed by atoms with E-state index in [1.54, 1.807) is 6.92 Å². The summed E-state index contributed by atoms with van der Waals surface area (Å²) in [5.74, 6) is -2.01. The largest absolute Gasteiger partial charge is 0.354 e. The number of amides is 1. The number of carbonyl (C=O) groups excluding carboxylic acids is 1. The minimum absolute atomic E-state index is 0.0383. The molecule has 0 saturated carbocycles. The Kier molecular flexibility index (Phi) is 5.43. The van der Waals surface area contributed by atoms with Crippen LogP contribution in [0.4, 0.5) is 14.5 Å². The van der Waals surface area contributed by atoms with Crippen LogP contribution >= 0.6 is 0 Å². The Hall–Kier alpha value is -1.70.